The average Bonchev–Trinajstić information content (AvgIpc) is 2.57. The number of rotatable bonds is 2. The van der Waals surface area contributed by atoms with Gasteiger partial charge in [-0.1, -0.05) is 57.5 Å². The Balaban J connectivity index is 1.98. The number of aromatic nitrogens is 1. The monoisotopic (exact) mass is 383 g/mol. The summed E-state index contributed by atoms with van der Waals surface area (Å²) in [4.78, 5) is 4.65. The number of halogens is 3. The lowest BCUT2D eigenvalue weighted by atomic mass is 9.68. The van der Waals surface area contributed by atoms with E-state index in [1.807, 2.05) is 18.2 Å². The van der Waals surface area contributed by atoms with Crippen molar-refractivity contribution in [1.29, 1.82) is 0 Å². The first kappa shape index (κ1) is 19.0. The highest BCUT2D eigenvalue weighted by Crippen LogP contribution is 2.49. The quantitative estimate of drug-likeness (QED) is 0.465. The number of hydrogen-bond acceptors (Lipinski definition) is 1. The highest BCUT2D eigenvalue weighted by Gasteiger charge is 2.47. The van der Waals surface area contributed by atoms with E-state index in [4.69, 9.17) is 0 Å². The molecule has 28 heavy (non-hydrogen) atoms. The molecule has 0 spiro atoms. The molecule has 0 saturated heterocycles. The zero-order chi connectivity index (χ0) is 20.5. The first-order chi connectivity index (χ1) is 12.9. The summed E-state index contributed by atoms with van der Waals surface area (Å²) < 4.78 is 40.4. The van der Waals surface area contributed by atoms with Crippen molar-refractivity contribution >= 4 is 10.8 Å². The third-order valence-corrected chi connectivity index (χ3v) is 6.11. The fourth-order valence-corrected chi connectivity index (χ4v) is 4.33. The Morgan fingerprint density at radius 1 is 0.964 bits per heavy atom. The molecule has 1 heterocycles. The van der Waals surface area contributed by atoms with Crippen molar-refractivity contribution in [2.75, 3.05) is 0 Å². The maximum atomic E-state index is 13.5. The van der Waals surface area contributed by atoms with Crippen LogP contribution < -0.4 is 0 Å². The third kappa shape index (κ3) is 2.73. The average molecular weight is 383 g/mol. The van der Waals surface area contributed by atoms with E-state index in [9.17, 15) is 13.2 Å². The molecule has 4 rings (SSSR count). The molecule has 0 atom stereocenters. The molecule has 0 bridgehead atoms. The van der Waals surface area contributed by atoms with Crippen LogP contribution in [0, 0.1) is 12.3 Å². The van der Waals surface area contributed by atoms with E-state index in [1.54, 1.807) is 6.20 Å². The van der Waals surface area contributed by atoms with Crippen molar-refractivity contribution in [2.24, 2.45) is 5.41 Å². The number of fused-ring (bicyclic) bond motifs is 2. The molecule has 0 radical (unpaired) electrons. The molecule has 1 aliphatic rings. The summed E-state index contributed by atoms with van der Waals surface area (Å²) in [7, 11) is 0. The van der Waals surface area contributed by atoms with Crippen molar-refractivity contribution in [2.45, 2.75) is 52.6 Å². The minimum atomic E-state index is -4.25. The number of hydrogen-bond donors (Lipinski definition) is 0. The molecule has 2 aromatic carbocycles. The van der Waals surface area contributed by atoms with Gasteiger partial charge in [0.1, 0.15) is 0 Å². The van der Waals surface area contributed by atoms with E-state index >= 15 is 0 Å². The lowest BCUT2D eigenvalue weighted by Crippen LogP contribution is -2.34. The molecule has 4 heteroatoms. The van der Waals surface area contributed by atoms with Crippen LogP contribution in [0.5, 0.6) is 0 Å². The summed E-state index contributed by atoms with van der Waals surface area (Å²) in [6, 6.07) is 12.1. The predicted molar refractivity (Wildman–Crippen MR) is 108 cm³/mol. The van der Waals surface area contributed by atoms with E-state index in [-0.39, 0.29) is 11.8 Å². The zero-order valence-electron chi connectivity index (χ0n) is 16.8. The molecule has 0 fully saturated rings. The van der Waals surface area contributed by atoms with Crippen LogP contribution in [0.15, 0.2) is 42.6 Å². The summed E-state index contributed by atoms with van der Waals surface area (Å²) >= 11 is 0. The van der Waals surface area contributed by atoms with Crippen LogP contribution >= 0.6 is 0 Å². The summed E-state index contributed by atoms with van der Waals surface area (Å²) in [5.41, 5.74) is 4.05. The molecule has 146 valence electrons. The second-order valence-electron chi connectivity index (χ2n) is 9.13. The van der Waals surface area contributed by atoms with Gasteiger partial charge in [-0.2, -0.15) is 13.2 Å². The van der Waals surface area contributed by atoms with E-state index in [0.717, 1.165) is 33.2 Å². The van der Waals surface area contributed by atoms with Crippen molar-refractivity contribution in [3.63, 3.8) is 0 Å². The fraction of sp³-hybridized carbons (Fsp3) is 0.375. The smallest absolute Gasteiger partial charge is 0.256 e. The largest absolute Gasteiger partial charge is 0.394 e. The lowest BCUT2D eigenvalue weighted by molar-refractivity contribution is -0.211. The van der Waals surface area contributed by atoms with Gasteiger partial charge in [0.25, 0.3) is 0 Å². The number of benzene rings is 2. The van der Waals surface area contributed by atoms with E-state index < -0.39 is 11.6 Å². The second kappa shape index (κ2) is 5.82. The molecular weight excluding hydrogens is 359 g/mol. The summed E-state index contributed by atoms with van der Waals surface area (Å²) in [6.45, 7) is 8.88. The van der Waals surface area contributed by atoms with Crippen molar-refractivity contribution < 1.29 is 13.2 Å². The van der Waals surface area contributed by atoms with Crippen molar-refractivity contribution in [1.82, 2.24) is 4.98 Å². The van der Waals surface area contributed by atoms with Crippen LogP contribution in [0.25, 0.3) is 22.0 Å². The first-order valence-electron chi connectivity index (χ1n) is 9.52. The van der Waals surface area contributed by atoms with Gasteiger partial charge in [-0.15, -0.1) is 0 Å². The van der Waals surface area contributed by atoms with Gasteiger partial charge in [0.15, 0.2) is 0 Å². The van der Waals surface area contributed by atoms with Crippen LogP contribution in [-0.2, 0) is 11.8 Å². The van der Waals surface area contributed by atoms with Gasteiger partial charge in [0, 0.05) is 22.6 Å². The molecule has 1 aliphatic carbocycles. The van der Waals surface area contributed by atoms with Gasteiger partial charge in [0.05, 0.1) is 11.1 Å². The van der Waals surface area contributed by atoms with Gasteiger partial charge in [-0.05, 0) is 47.6 Å². The van der Waals surface area contributed by atoms with Crippen molar-refractivity contribution in [3.8, 4) is 11.3 Å². The molecule has 1 aromatic heterocycles. The molecule has 0 unspecified atom stereocenters. The Morgan fingerprint density at radius 3 is 2.36 bits per heavy atom. The fourth-order valence-electron chi connectivity index (χ4n) is 4.33. The number of aryl methyl sites for hydroxylation is 1. The van der Waals surface area contributed by atoms with Gasteiger partial charge < -0.3 is 0 Å². The minimum absolute atomic E-state index is 0.0477. The molecule has 0 N–H and O–H groups in total. The van der Waals surface area contributed by atoms with Gasteiger partial charge in [0.2, 0.25) is 0 Å². The normalized spacial score (nSPS) is 15.6. The Bertz CT molecular complexity index is 1090. The van der Waals surface area contributed by atoms with Crippen LogP contribution in [-0.4, -0.2) is 11.2 Å². The molecule has 1 nitrogen and oxygen atoms in total. The predicted octanol–water partition coefficient (Wildman–Crippen LogP) is 6.98. The van der Waals surface area contributed by atoms with Crippen molar-refractivity contribution in [3.05, 3.63) is 64.8 Å². The highest BCUT2D eigenvalue weighted by atomic mass is 19.4. The SMILES string of the molecule is Cc1ccc2c(c1)-c1nccc3cc(CC(C)(C)C(F)(F)F)cc(c13)C2(C)C. The Morgan fingerprint density at radius 2 is 1.68 bits per heavy atom. The Labute approximate surface area is 163 Å². The Kier molecular flexibility index (Phi) is 3.94. The van der Waals surface area contributed by atoms with Gasteiger partial charge >= 0.3 is 6.18 Å². The second-order valence-corrected chi connectivity index (χ2v) is 9.13. The number of pyridine rings is 1. The van der Waals surface area contributed by atoms with Gasteiger partial charge in [-0.3, -0.25) is 4.98 Å². The molecule has 0 saturated carbocycles. The van der Waals surface area contributed by atoms with E-state index in [1.165, 1.54) is 19.4 Å². The van der Waals surface area contributed by atoms with Crippen LogP contribution in [0.3, 0.4) is 0 Å². The van der Waals surface area contributed by atoms with E-state index in [2.05, 4.69) is 44.0 Å². The summed E-state index contributed by atoms with van der Waals surface area (Å²) in [6.07, 6.45) is -2.54. The highest BCUT2D eigenvalue weighted by molar-refractivity contribution is 6.01. The maximum Gasteiger partial charge on any atom is 0.394 e. The number of alkyl halides is 3. The van der Waals surface area contributed by atoms with Crippen LogP contribution in [0.2, 0.25) is 0 Å². The summed E-state index contributed by atoms with van der Waals surface area (Å²) in [5, 5.41) is 2.01. The Hall–Kier alpha value is -2.36. The van der Waals surface area contributed by atoms with Gasteiger partial charge in [-0.25, -0.2) is 0 Å². The molecule has 0 amide bonds. The third-order valence-electron chi connectivity index (χ3n) is 6.11. The van der Waals surface area contributed by atoms with Crippen LogP contribution in [0.1, 0.15) is 49.9 Å². The van der Waals surface area contributed by atoms with E-state index in [0.29, 0.717) is 5.56 Å². The maximum absolute atomic E-state index is 13.5. The standard InChI is InChI=1S/C24H24F3N/c1-14-6-7-18-17(10-14)21-20-16(8-9-28-21)11-15(12-19(20)23(18,4)5)13-22(2,3)24(25,26)27/h6-12H,13H2,1-5H3. The molecular formula is C24H24F3N. The first-order valence-corrected chi connectivity index (χ1v) is 9.52. The molecule has 0 aliphatic heterocycles. The number of nitrogens with zero attached hydrogens (tertiary/aromatic N) is 1. The lowest BCUT2D eigenvalue weighted by Gasteiger charge is -2.36. The topological polar surface area (TPSA) is 12.9 Å². The minimum Gasteiger partial charge on any atom is -0.256 e. The molecule has 3 aromatic rings. The summed E-state index contributed by atoms with van der Waals surface area (Å²) in [5.74, 6) is 0. The zero-order valence-corrected chi connectivity index (χ0v) is 16.8. The van der Waals surface area contributed by atoms with Crippen LogP contribution in [0.4, 0.5) is 13.2 Å².